The Labute approximate surface area is 174 Å². The Morgan fingerprint density at radius 2 is 1.80 bits per heavy atom. The van der Waals surface area contributed by atoms with Crippen molar-refractivity contribution in [2.24, 2.45) is 7.05 Å². The first kappa shape index (κ1) is 19.0. The van der Waals surface area contributed by atoms with E-state index in [1.807, 2.05) is 0 Å². The number of benzene rings is 1. The molecule has 0 unspecified atom stereocenters. The summed E-state index contributed by atoms with van der Waals surface area (Å²) in [6.45, 7) is 1.49. The molecule has 1 aliphatic heterocycles. The van der Waals surface area contributed by atoms with Crippen LogP contribution in [-0.4, -0.2) is 33.3 Å². The number of ether oxygens (including phenoxy) is 1. The Bertz CT molecular complexity index is 1130. The highest BCUT2D eigenvalue weighted by Gasteiger charge is 2.24. The number of nitrogens with one attached hydrogen (secondary N) is 1. The standard InChI is InChI=1S/C23H28N4O3/c1-25-22(28)15-21(24-23(25)29)26-12-9-17(10-13-26)30-20-8-4-7-19-18(20)11-14-27(19)16-5-2-3-6-16/h4,7-8,11,14-17H,2-3,5-6,9-10,12-13H2,1H3,(H,24,29). The molecule has 0 atom stereocenters. The maximum Gasteiger partial charge on any atom is 0.329 e. The van der Waals surface area contributed by atoms with Gasteiger partial charge < -0.3 is 14.2 Å². The smallest absolute Gasteiger partial charge is 0.329 e. The molecule has 158 valence electrons. The summed E-state index contributed by atoms with van der Waals surface area (Å²) in [4.78, 5) is 28.7. The molecule has 1 aliphatic carbocycles. The molecule has 5 rings (SSSR count). The monoisotopic (exact) mass is 408 g/mol. The van der Waals surface area contributed by atoms with Crippen molar-refractivity contribution in [3.05, 3.63) is 57.4 Å². The van der Waals surface area contributed by atoms with Gasteiger partial charge in [-0.15, -0.1) is 0 Å². The van der Waals surface area contributed by atoms with Gasteiger partial charge in [0, 0.05) is 56.7 Å². The Morgan fingerprint density at radius 1 is 1.03 bits per heavy atom. The number of anilines is 1. The SMILES string of the molecule is Cn1c(=O)cc(N2CCC(Oc3cccc4c3ccn4C3CCCC3)CC2)[nH]c1=O. The minimum atomic E-state index is -0.380. The van der Waals surface area contributed by atoms with Gasteiger partial charge in [-0.3, -0.25) is 14.3 Å². The third kappa shape index (κ3) is 3.42. The summed E-state index contributed by atoms with van der Waals surface area (Å²) in [5.74, 6) is 1.54. The van der Waals surface area contributed by atoms with E-state index in [1.54, 1.807) is 0 Å². The largest absolute Gasteiger partial charge is 0.490 e. The molecule has 7 heteroatoms. The number of piperidine rings is 1. The fourth-order valence-corrected chi connectivity index (χ4v) is 4.87. The van der Waals surface area contributed by atoms with Gasteiger partial charge in [0.1, 0.15) is 17.7 Å². The quantitative estimate of drug-likeness (QED) is 0.720. The van der Waals surface area contributed by atoms with Crippen LogP contribution in [0.25, 0.3) is 10.9 Å². The lowest BCUT2D eigenvalue weighted by atomic mass is 10.1. The van der Waals surface area contributed by atoms with E-state index >= 15 is 0 Å². The van der Waals surface area contributed by atoms with Crippen molar-refractivity contribution < 1.29 is 4.74 Å². The Morgan fingerprint density at radius 3 is 2.53 bits per heavy atom. The van der Waals surface area contributed by atoms with Crippen LogP contribution in [0.15, 0.2) is 46.1 Å². The highest BCUT2D eigenvalue weighted by atomic mass is 16.5. The van der Waals surface area contributed by atoms with Crippen LogP contribution in [0.4, 0.5) is 5.82 Å². The van der Waals surface area contributed by atoms with E-state index in [1.165, 1.54) is 49.7 Å². The fraction of sp³-hybridized carbons (Fsp3) is 0.478. The van der Waals surface area contributed by atoms with Crippen molar-refractivity contribution in [1.82, 2.24) is 14.1 Å². The maximum atomic E-state index is 11.9. The van der Waals surface area contributed by atoms with E-state index in [9.17, 15) is 9.59 Å². The molecular formula is C23H28N4O3. The molecule has 30 heavy (non-hydrogen) atoms. The van der Waals surface area contributed by atoms with Crippen molar-refractivity contribution in [1.29, 1.82) is 0 Å². The van der Waals surface area contributed by atoms with Gasteiger partial charge >= 0.3 is 5.69 Å². The molecule has 2 aromatic heterocycles. The zero-order valence-electron chi connectivity index (χ0n) is 17.3. The molecule has 1 aromatic carbocycles. The molecule has 1 saturated heterocycles. The first-order chi connectivity index (χ1) is 14.6. The summed E-state index contributed by atoms with van der Waals surface area (Å²) in [6.07, 6.45) is 9.18. The first-order valence-electron chi connectivity index (χ1n) is 10.9. The maximum absolute atomic E-state index is 11.9. The molecule has 7 nitrogen and oxygen atoms in total. The highest BCUT2D eigenvalue weighted by Crippen LogP contribution is 2.36. The van der Waals surface area contributed by atoms with E-state index in [4.69, 9.17) is 4.74 Å². The highest BCUT2D eigenvalue weighted by molar-refractivity contribution is 5.86. The second-order valence-corrected chi connectivity index (χ2v) is 8.51. The van der Waals surface area contributed by atoms with Crippen LogP contribution in [0.5, 0.6) is 5.75 Å². The average molecular weight is 409 g/mol. The fourth-order valence-electron chi connectivity index (χ4n) is 4.87. The van der Waals surface area contributed by atoms with Gasteiger partial charge in [-0.05, 0) is 31.0 Å². The molecule has 1 saturated carbocycles. The van der Waals surface area contributed by atoms with Gasteiger partial charge in [0.2, 0.25) is 0 Å². The lowest BCUT2D eigenvalue weighted by Gasteiger charge is -2.33. The summed E-state index contributed by atoms with van der Waals surface area (Å²) in [6, 6.07) is 10.6. The summed E-state index contributed by atoms with van der Waals surface area (Å²) < 4.78 is 9.92. The van der Waals surface area contributed by atoms with Crippen LogP contribution in [0.2, 0.25) is 0 Å². The zero-order chi connectivity index (χ0) is 20.7. The van der Waals surface area contributed by atoms with E-state index in [0.717, 1.165) is 36.2 Å². The molecule has 0 radical (unpaired) electrons. The Balaban J connectivity index is 1.29. The van der Waals surface area contributed by atoms with Crippen LogP contribution in [0.3, 0.4) is 0 Å². The number of nitrogens with zero attached hydrogens (tertiary/aromatic N) is 3. The van der Waals surface area contributed by atoms with Crippen molar-refractivity contribution in [2.75, 3.05) is 18.0 Å². The number of fused-ring (bicyclic) bond motifs is 1. The third-order valence-corrected chi connectivity index (χ3v) is 6.65. The van der Waals surface area contributed by atoms with Gasteiger partial charge in [0.25, 0.3) is 5.56 Å². The van der Waals surface area contributed by atoms with Crippen molar-refractivity contribution in [3.8, 4) is 5.75 Å². The van der Waals surface area contributed by atoms with Gasteiger partial charge in [-0.2, -0.15) is 0 Å². The number of aromatic amines is 1. The minimum Gasteiger partial charge on any atom is -0.490 e. The zero-order valence-corrected chi connectivity index (χ0v) is 17.3. The molecular weight excluding hydrogens is 380 g/mol. The Kier molecular flexibility index (Phi) is 4.89. The topological polar surface area (TPSA) is 72.3 Å². The molecule has 2 aliphatic rings. The van der Waals surface area contributed by atoms with Gasteiger partial charge in [0.15, 0.2) is 0 Å². The normalized spacial score (nSPS) is 18.4. The van der Waals surface area contributed by atoms with E-state index in [2.05, 4.69) is 44.9 Å². The molecule has 0 bridgehead atoms. The van der Waals surface area contributed by atoms with Crippen LogP contribution < -0.4 is 20.9 Å². The number of hydrogen-bond donors (Lipinski definition) is 1. The molecule has 1 N–H and O–H groups in total. The lowest BCUT2D eigenvalue weighted by Crippen LogP contribution is -2.41. The van der Waals surface area contributed by atoms with E-state index in [0.29, 0.717) is 11.9 Å². The van der Waals surface area contributed by atoms with Crippen LogP contribution in [-0.2, 0) is 7.05 Å². The summed E-state index contributed by atoms with van der Waals surface area (Å²) in [5, 5.41) is 1.18. The molecule has 3 heterocycles. The van der Waals surface area contributed by atoms with Crippen LogP contribution in [0.1, 0.15) is 44.6 Å². The number of aromatic nitrogens is 3. The summed E-state index contributed by atoms with van der Waals surface area (Å²) in [7, 11) is 1.48. The second kappa shape index (κ2) is 7.70. The number of H-pyrrole nitrogens is 1. The summed E-state index contributed by atoms with van der Waals surface area (Å²) in [5.41, 5.74) is 0.592. The Hall–Kier alpha value is -2.96. The average Bonchev–Trinajstić information content (AvgIpc) is 3.42. The third-order valence-electron chi connectivity index (χ3n) is 6.65. The summed E-state index contributed by atoms with van der Waals surface area (Å²) >= 11 is 0. The van der Waals surface area contributed by atoms with Gasteiger partial charge in [-0.1, -0.05) is 18.9 Å². The predicted octanol–water partition coefficient (Wildman–Crippen LogP) is 3.19. The minimum absolute atomic E-state index is 0.125. The van der Waals surface area contributed by atoms with Crippen LogP contribution >= 0.6 is 0 Å². The van der Waals surface area contributed by atoms with Crippen molar-refractivity contribution in [2.45, 2.75) is 50.7 Å². The second-order valence-electron chi connectivity index (χ2n) is 8.51. The lowest BCUT2D eigenvalue weighted by molar-refractivity contribution is 0.173. The van der Waals surface area contributed by atoms with Crippen LogP contribution in [0, 0.1) is 0 Å². The molecule has 3 aromatic rings. The van der Waals surface area contributed by atoms with E-state index < -0.39 is 0 Å². The molecule has 0 spiro atoms. The van der Waals surface area contributed by atoms with Crippen molar-refractivity contribution in [3.63, 3.8) is 0 Å². The van der Waals surface area contributed by atoms with Gasteiger partial charge in [0.05, 0.1) is 5.52 Å². The van der Waals surface area contributed by atoms with Crippen molar-refractivity contribution >= 4 is 16.7 Å². The predicted molar refractivity (Wildman–Crippen MR) is 118 cm³/mol. The number of rotatable bonds is 4. The number of hydrogen-bond acceptors (Lipinski definition) is 4. The van der Waals surface area contributed by atoms with Gasteiger partial charge in [-0.25, -0.2) is 4.79 Å². The first-order valence-corrected chi connectivity index (χ1v) is 10.9. The molecule has 0 amide bonds. The van der Waals surface area contributed by atoms with E-state index in [-0.39, 0.29) is 17.4 Å². The molecule has 2 fully saturated rings.